The number of rotatable bonds is 8. The molecule has 2 fully saturated rings. The van der Waals surface area contributed by atoms with Gasteiger partial charge in [0.1, 0.15) is 11.0 Å². The highest BCUT2D eigenvalue weighted by Gasteiger charge is 2.27. The van der Waals surface area contributed by atoms with E-state index in [1.54, 1.807) is 6.20 Å². The van der Waals surface area contributed by atoms with Gasteiger partial charge in [-0.05, 0) is 39.0 Å². The van der Waals surface area contributed by atoms with E-state index in [0.29, 0.717) is 24.1 Å². The highest BCUT2D eigenvalue weighted by atomic mass is 16.5. The van der Waals surface area contributed by atoms with Gasteiger partial charge in [0.05, 0.1) is 31.3 Å². The van der Waals surface area contributed by atoms with Crippen molar-refractivity contribution in [3.8, 4) is 0 Å². The Labute approximate surface area is 201 Å². The average molecular weight is 468 g/mol. The van der Waals surface area contributed by atoms with Crippen molar-refractivity contribution < 1.29 is 4.74 Å². The minimum Gasteiger partial charge on any atom is -0.379 e. The normalized spacial score (nSPS) is 22.7. The molecule has 1 saturated heterocycles. The standard InChI is InChI=1S/C24H37N9O/c1-4-5-17(2)33-16-19(14-26-33)28-24-29-21-15-25-31(3)22(21)23(30-24)27-18-6-8-20(9-7-18)32-10-12-34-13-11-32/h14-18,20H,4-13H2,1-3H3,(H2,27,28,29,30). The third kappa shape index (κ3) is 5.02. The van der Waals surface area contributed by atoms with Gasteiger partial charge < -0.3 is 15.4 Å². The van der Waals surface area contributed by atoms with Gasteiger partial charge in [0, 0.05) is 44.5 Å². The first-order chi connectivity index (χ1) is 16.6. The molecule has 4 heterocycles. The lowest BCUT2D eigenvalue weighted by molar-refractivity contribution is 0.00791. The van der Waals surface area contributed by atoms with Gasteiger partial charge in [-0.3, -0.25) is 14.3 Å². The zero-order valence-corrected chi connectivity index (χ0v) is 20.6. The first kappa shape index (κ1) is 23.0. The third-order valence-electron chi connectivity index (χ3n) is 7.20. The second-order valence-electron chi connectivity index (χ2n) is 9.67. The largest absolute Gasteiger partial charge is 0.379 e. The summed E-state index contributed by atoms with van der Waals surface area (Å²) in [6, 6.07) is 1.44. The molecule has 10 heteroatoms. The van der Waals surface area contributed by atoms with E-state index in [2.05, 4.69) is 39.6 Å². The van der Waals surface area contributed by atoms with E-state index in [4.69, 9.17) is 14.7 Å². The first-order valence-electron chi connectivity index (χ1n) is 12.7. The summed E-state index contributed by atoms with van der Waals surface area (Å²) in [5.41, 5.74) is 2.66. The van der Waals surface area contributed by atoms with Crippen molar-refractivity contribution in [2.24, 2.45) is 7.05 Å². The smallest absolute Gasteiger partial charge is 0.230 e. The van der Waals surface area contributed by atoms with Crippen LogP contribution in [0.15, 0.2) is 18.6 Å². The van der Waals surface area contributed by atoms with Crippen LogP contribution in [0.2, 0.25) is 0 Å². The fraction of sp³-hybridized carbons (Fsp3) is 0.667. The van der Waals surface area contributed by atoms with Crippen LogP contribution in [0.25, 0.3) is 11.0 Å². The number of fused-ring (bicyclic) bond motifs is 1. The average Bonchev–Trinajstić information content (AvgIpc) is 3.47. The molecule has 2 N–H and O–H groups in total. The Kier molecular flexibility index (Phi) is 6.96. The van der Waals surface area contributed by atoms with E-state index < -0.39 is 0 Å². The first-order valence-corrected chi connectivity index (χ1v) is 12.7. The summed E-state index contributed by atoms with van der Waals surface area (Å²) >= 11 is 0. The number of nitrogens with zero attached hydrogens (tertiary/aromatic N) is 7. The lowest BCUT2D eigenvalue weighted by Gasteiger charge is -2.39. The van der Waals surface area contributed by atoms with Gasteiger partial charge in [-0.15, -0.1) is 0 Å². The molecule has 0 bridgehead atoms. The van der Waals surface area contributed by atoms with Crippen LogP contribution in [-0.2, 0) is 11.8 Å². The number of hydrogen-bond donors (Lipinski definition) is 2. The quantitative estimate of drug-likeness (QED) is 0.517. The molecule has 3 aromatic heterocycles. The Morgan fingerprint density at radius 2 is 1.88 bits per heavy atom. The van der Waals surface area contributed by atoms with E-state index in [-0.39, 0.29) is 0 Å². The Bertz CT molecular complexity index is 1080. The fourth-order valence-electron chi connectivity index (χ4n) is 5.28. The molecule has 1 atom stereocenters. The molecular weight excluding hydrogens is 430 g/mol. The SMILES string of the molecule is CCCC(C)n1cc(Nc2nc(NC3CCC(N4CCOCC4)CC3)c3c(cnn3C)n2)cn1. The van der Waals surface area contributed by atoms with Gasteiger partial charge in [-0.2, -0.15) is 15.2 Å². The molecule has 0 amide bonds. The van der Waals surface area contributed by atoms with Crippen molar-refractivity contribution in [2.75, 3.05) is 36.9 Å². The van der Waals surface area contributed by atoms with Crippen molar-refractivity contribution in [3.05, 3.63) is 18.6 Å². The van der Waals surface area contributed by atoms with Crippen LogP contribution < -0.4 is 10.6 Å². The molecule has 10 nitrogen and oxygen atoms in total. The summed E-state index contributed by atoms with van der Waals surface area (Å²) in [5.74, 6) is 1.40. The summed E-state index contributed by atoms with van der Waals surface area (Å²) in [7, 11) is 1.94. The lowest BCUT2D eigenvalue weighted by Crippen LogP contribution is -2.46. The maximum atomic E-state index is 5.52. The molecule has 34 heavy (non-hydrogen) atoms. The molecule has 184 valence electrons. The molecule has 0 aromatic carbocycles. The molecule has 1 aliphatic carbocycles. The monoisotopic (exact) mass is 467 g/mol. The summed E-state index contributed by atoms with van der Waals surface area (Å²) in [6.07, 6.45) is 12.6. The van der Waals surface area contributed by atoms with E-state index in [9.17, 15) is 0 Å². The molecule has 3 aromatic rings. The number of anilines is 3. The molecule has 5 rings (SSSR count). The zero-order chi connectivity index (χ0) is 23.5. The molecule has 1 saturated carbocycles. The van der Waals surface area contributed by atoms with Crippen molar-refractivity contribution in [2.45, 2.75) is 70.5 Å². The third-order valence-corrected chi connectivity index (χ3v) is 7.20. The van der Waals surface area contributed by atoms with Crippen molar-refractivity contribution in [1.29, 1.82) is 0 Å². The number of nitrogens with one attached hydrogen (secondary N) is 2. The van der Waals surface area contributed by atoms with Crippen LogP contribution in [0, 0.1) is 0 Å². The predicted octanol–water partition coefficient (Wildman–Crippen LogP) is 3.72. The Morgan fingerprint density at radius 1 is 1.09 bits per heavy atom. The van der Waals surface area contributed by atoms with Gasteiger partial charge in [0.2, 0.25) is 5.95 Å². The van der Waals surface area contributed by atoms with Gasteiger partial charge in [-0.1, -0.05) is 13.3 Å². The number of aryl methyl sites for hydroxylation is 1. The number of hydrogen-bond acceptors (Lipinski definition) is 8. The van der Waals surface area contributed by atoms with Crippen LogP contribution in [0.5, 0.6) is 0 Å². The minimum atomic E-state index is 0.368. The molecule has 0 radical (unpaired) electrons. The second kappa shape index (κ2) is 10.3. The van der Waals surface area contributed by atoms with Crippen LogP contribution in [0.1, 0.15) is 58.4 Å². The Morgan fingerprint density at radius 3 is 2.65 bits per heavy atom. The number of aromatic nitrogens is 6. The predicted molar refractivity (Wildman–Crippen MR) is 133 cm³/mol. The fourth-order valence-corrected chi connectivity index (χ4v) is 5.28. The Hall–Kier alpha value is -2.72. The van der Waals surface area contributed by atoms with Crippen LogP contribution in [0.3, 0.4) is 0 Å². The van der Waals surface area contributed by atoms with E-state index in [1.165, 1.54) is 12.8 Å². The van der Waals surface area contributed by atoms with E-state index >= 15 is 0 Å². The van der Waals surface area contributed by atoms with E-state index in [0.717, 1.165) is 74.5 Å². The van der Waals surface area contributed by atoms with Gasteiger partial charge >= 0.3 is 0 Å². The molecular formula is C24H37N9O. The van der Waals surface area contributed by atoms with Crippen molar-refractivity contribution in [3.63, 3.8) is 0 Å². The summed E-state index contributed by atoms with van der Waals surface area (Å²) < 4.78 is 9.38. The number of morpholine rings is 1. The van der Waals surface area contributed by atoms with Gasteiger partial charge in [0.15, 0.2) is 5.82 Å². The maximum absolute atomic E-state index is 5.52. The van der Waals surface area contributed by atoms with E-state index in [1.807, 2.05) is 28.8 Å². The van der Waals surface area contributed by atoms with Gasteiger partial charge in [-0.25, -0.2) is 4.98 Å². The second-order valence-corrected chi connectivity index (χ2v) is 9.67. The van der Waals surface area contributed by atoms with Crippen LogP contribution in [-0.4, -0.2) is 72.8 Å². The molecule has 1 aliphatic heterocycles. The summed E-state index contributed by atoms with van der Waals surface area (Å²) in [6.45, 7) is 8.24. The highest BCUT2D eigenvalue weighted by molar-refractivity contribution is 5.87. The van der Waals surface area contributed by atoms with Crippen LogP contribution in [0.4, 0.5) is 17.5 Å². The maximum Gasteiger partial charge on any atom is 0.230 e. The topological polar surface area (TPSA) is 98.0 Å². The highest BCUT2D eigenvalue weighted by Crippen LogP contribution is 2.29. The van der Waals surface area contributed by atoms with Crippen molar-refractivity contribution >= 4 is 28.5 Å². The van der Waals surface area contributed by atoms with Crippen molar-refractivity contribution in [1.82, 2.24) is 34.4 Å². The molecule has 0 spiro atoms. The van der Waals surface area contributed by atoms with Crippen LogP contribution >= 0.6 is 0 Å². The summed E-state index contributed by atoms with van der Waals surface area (Å²) in [4.78, 5) is 12.2. The van der Waals surface area contributed by atoms with Gasteiger partial charge in [0.25, 0.3) is 0 Å². The summed E-state index contributed by atoms with van der Waals surface area (Å²) in [5, 5.41) is 16.0. The minimum absolute atomic E-state index is 0.368. The zero-order valence-electron chi connectivity index (χ0n) is 20.6. The lowest BCUT2D eigenvalue weighted by atomic mass is 9.90. The number of ether oxygens (including phenoxy) is 1. The Balaban J connectivity index is 1.29. The molecule has 2 aliphatic rings. The molecule has 1 unspecified atom stereocenters.